The van der Waals surface area contributed by atoms with Crippen molar-refractivity contribution >= 4 is 6.09 Å². The normalized spacial score (nSPS) is 13.8. The van der Waals surface area contributed by atoms with Gasteiger partial charge in [0.2, 0.25) is 0 Å². The predicted molar refractivity (Wildman–Crippen MR) is 52.6 cm³/mol. The molecule has 0 aliphatic heterocycles. The van der Waals surface area contributed by atoms with Crippen molar-refractivity contribution < 1.29 is 15.0 Å². The maximum absolute atomic E-state index is 9.32. The van der Waals surface area contributed by atoms with Crippen molar-refractivity contribution in [3.8, 4) is 0 Å². The van der Waals surface area contributed by atoms with E-state index in [1.807, 2.05) is 0 Å². The van der Waals surface area contributed by atoms with Gasteiger partial charge in [0.1, 0.15) is 0 Å². The minimum atomic E-state index is -1.33. The van der Waals surface area contributed by atoms with Crippen LogP contribution in [0.4, 0.5) is 4.79 Å². The third-order valence-corrected chi connectivity index (χ3v) is 1.89. The molecular weight excluding hydrogens is 170 g/mol. The van der Waals surface area contributed by atoms with Gasteiger partial charge in [-0.1, -0.05) is 33.6 Å². The Kier molecular flexibility index (Phi) is 10.6. The van der Waals surface area contributed by atoms with E-state index < -0.39 is 6.09 Å². The summed E-state index contributed by atoms with van der Waals surface area (Å²) in [5.74, 6) is 0.477. The number of hydrogen-bond donors (Lipinski definition) is 3. The van der Waals surface area contributed by atoms with E-state index in [1.165, 1.54) is 0 Å². The van der Waals surface area contributed by atoms with Crippen molar-refractivity contribution in [2.24, 2.45) is 11.7 Å². The molecule has 0 aliphatic carbocycles. The summed E-state index contributed by atoms with van der Waals surface area (Å²) in [6.07, 6.45) is 1.72. The van der Waals surface area contributed by atoms with Crippen molar-refractivity contribution in [2.45, 2.75) is 46.1 Å². The van der Waals surface area contributed by atoms with E-state index in [-0.39, 0.29) is 6.10 Å². The molecule has 2 atom stereocenters. The fourth-order valence-corrected chi connectivity index (χ4v) is 0.852. The highest BCUT2D eigenvalue weighted by atomic mass is 16.4. The van der Waals surface area contributed by atoms with Crippen LogP contribution in [0.15, 0.2) is 0 Å². The lowest BCUT2D eigenvalue weighted by atomic mass is 9.98. The van der Waals surface area contributed by atoms with Crippen LogP contribution in [0.5, 0.6) is 0 Å². The van der Waals surface area contributed by atoms with Gasteiger partial charge < -0.3 is 15.9 Å². The van der Waals surface area contributed by atoms with E-state index in [0.717, 1.165) is 19.3 Å². The third-order valence-electron chi connectivity index (χ3n) is 1.89. The molecule has 0 bridgehead atoms. The molecule has 0 saturated carbocycles. The van der Waals surface area contributed by atoms with Gasteiger partial charge in [-0.05, 0) is 12.3 Å². The number of carbonyl (C=O) groups is 1. The van der Waals surface area contributed by atoms with E-state index in [0.29, 0.717) is 5.92 Å². The minimum absolute atomic E-state index is 0.0694. The summed E-state index contributed by atoms with van der Waals surface area (Å²) in [5.41, 5.74) is 4.03. The first-order valence-corrected chi connectivity index (χ1v) is 4.62. The molecule has 13 heavy (non-hydrogen) atoms. The number of carboxylic acid groups (broad SMARTS) is 1. The number of primary amides is 1. The summed E-state index contributed by atoms with van der Waals surface area (Å²) < 4.78 is 0. The molecular formula is C9H21NO3. The lowest BCUT2D eigenvalue weighted by molar-refractivity contribution is 0.105. The van der Waals surface area contributed by atoms with Crippen LogP contribution in [0.2, 0.25) is 0 Å². The molecule has 4 nitrogen and oxygen atoms in total. The van der Waals surface area contributed by atoms with E-state index in [1.54, 1.807) is 0 Å². The van der Waals surface area contributed by atoms with E-state index >= 15 is 0 Å². The van der Waals surface area contributed by atoms with Crippen LogP contribution < -0.4 is 5.73 Å². The summed E-state index contributed by atoms with van der Waals surface area (Å²) in [7, 11) is 0. The topological polar surface area (TPSA) is 83.5 Å². The number of aliphatic hydroxyl groups excluding tert-OH is 1. The Labute approximate surface area is 79.8 Å². The Morgan fingerprint density at radius 3 is 2.08 bits per heavy atom. The maximum Gasteiger partial charge on any atom is 0.402 e. The minimum Gasteiger partial charge on any atom is -0.465 e. The Morgan fingerprint density at radius 1 is 1.46 bits per heavy atom. The van der Waals surface area contributed by atoms with Gasteiger partial charge in [0.15, 0.2) is 0 Å². The lowest BCUT2D eigenvalue weighted by Gasteiger charge is -2.15. The highest BCUT2D eigenvalue weighted by molar-refractivity contribution is 5.61. The summed E-state index contributed by atoms with van der Waals surface area (Å²) in [5, 5.41) is 16.5. The first kappa shape index (κ1) is 14.7. The monoisotopic (exact) mass is 191 g/mol. The summed E-state index contributed by atoms with van der Waals surface area (Å²) >= 11 is 0. The SMILES string of the molecule is CCCC(O)C(C)CC.NC(=O)O. The van der Waals surface area contributed by atoms with Gasteiger partial charge in [-0.3, -0.25) is 0 Å². The van der Waals surface area contributed by atoms with Crippen molar-refractivity contribution in [3.63, 3.8) is 0 Å². The lowest BCUT2D eigenvalue weighted by Crippen LogP contribution is -2.15. The van der Waals surface area contributed by atoms with Gasteiger partial charge >= 0.3 is 6.09 Å². The molecule has 0 saturated heterocycles. The fourth-order valence-electron chi connectivity index (χ4n) is 0.852. The molecule has 4 N–H and O–H groups in total. The Hall–Kier alpha value is -0.770. The number of hydrogen-bond acceptors (Lipinski definition) is 2. The molecule has 0 rings (SSSR count). The predicted octanol–water partition coefficient (Wildman–Crippen LogP) is 1.82. The van der Waals surface area contributed by atoms with Crippen molar-refractivity contribution in [3.05, 3.63) is 0 Å². The molecule has 0 fully saturated rings. The quantitative estimate of drug-likeness (QED) is 0.633. The molecule has 80 valence electrons. The Balaban J connectivity index is 0. The molecule has 0 aromatic heterocycles. The number of nitrogens with two attached hydrogens (primary N) is 1. The zero-order chi connectivity index (χ0) is 10.9. The highest BCUT2D eigenvalue weighted by Crippen LogP contribution is 2.11. The molecule has 2 unspecified atom stereocenters. The van der Waals surface area contributed by atoms with Crippen LogP contribution in [0.1, 0.15) is 40.0 Å². The second-order valence-electron chi connectivity index (χ2n) is 3.08. The molecule has 0 aromatic carbocycles. The molecule has 4 heteroatoms. The van der Waals surface area contributed by atoms with Crippen molar-refractivity contribution in [1.82, 2.24) is 0 Å². The van der Waals surface area contributed by atoms with E-state index in [9.17, 15) is 5.11 Å². The Morgan fingerprint density at radius 2 is 1.85 bits per heavy atom. The highest BCUT2D eigenvalue weighted by Gasteiger charge is 2.09. The summed E-state index contributed by atoms with van der Waals surface area (Å²) in [4.78, 5) is 8.78. The van der Waals surface area contributed by atoms with E-state index in [2.05, 4.69) is 26.5 Å². The number of aliphatic hydroxyl groups is 1. The second-order valence-corrected chi connectivity index (χ2v) is 3.08. The van der Waals surface area contributed by atoms with Crippen LogP contribution in [0.3, 0.4) is 0 Å². The maximum atomic E-state index is 9.32. The molecule has 0 aliphatic rings. The average Bonchev–Trinajstić information content (AvgIpc) is 2.02. The second kappa shape index (κ2) is 9.32. The van der Waals surface area contributed by atoms with Crippen LogP contribution in [0, 0.1) is 5.92 Å². The zero-order valence-corrected chi connectivity index (χ0v) is 8.66. The van der Waals surface area contributed by atoms with Gasteiger partial charge in [0, 0.05) is 0 Å². The number of amides is 1. The summed E-state index contributed by atoms with van der Waals surface area (Å²) in [6, 6.07) is 0. The van der Waals surface area contributed by atoms with Crippen LogP contribution >= 0.6 is 0 Å². The zero-order valence-electron chi connectivity index (χ0n) is 8.66. The van der Waals surface area contributed by atoms with Gasteiger partial charge in [-0.25, -0.2) is 4.79 Å². The van der Waals surface area contributed by atoms with Crippen LogP contribution in [-0.4, -0.2) is 22.4 Å². The van der Waals surface area contributed by atoms with Crippen molar-refractivity contribution in [1.29, 1.82) is 0 Å². The van der Waals surface area contributed by atoms with Crippen LogP contribution in [-0.2, 0) is 0 Å². The molecule has 0 aromatic rings. The van der Waals surface area contributed by atoms with Crippen LogP contribution in [0.25, 0.3) is 0 Å². The third kappa shape index (κ3) is 14.1. The fraction of sp³-hybridized carbons (Fsp3) is 0.889. The number of rotatable bonds is 4. The Bertz CT molecular complexity index is 124. The average molecular weight is 191 g/mol. The molecule has 0 heterocycles. The molecule has 1 amide bonds. The summed E-state index contributed by atoms with van der Waals surface area (Å²) in [6.45, 7) is 6.31. The van der Waals surface area contributed by atoms with E-state index in [4.69, 9.17) is 9.90 Å². The first-order chi connectivity index (χ1) is 5.95. The first-order valence-electron chi connectivity index (χ1n) is 4.62. The van der Waals surface area contributed by atoms with Crippen molar-refractivity contribution in [2.75, 3.05) is 0 Å². The molecule has 0 spiro atoms. The standard InChI is InChI=1S/C8H18O.CH3NO2/c1-4-6-8(9)7(3)5-2;2-1(3)4/h7-9H,4-6H2,1-3H3;2H2,(H,3,4). The van der Waals surface area contributed by atoms with Gasteiger partial charge in [0.05, 0.1) is 6.10 Å². The van der Waals surface area contributed by atoms with Gasteiger partial charge in [-0.15, -0.1) is 0 Å². The smallest absolute Gasteiger partial charge is 0.402 e. The molecule has 0 radical (unpaired) electrons. The largest absolute Gasteiger partial charge is 0.465 e. The van der Waals surface area contributed by atoms with Gasteiger partial charge in [-0.2, -0.15) is 0 Å². The van der Waals surface area contributed by atoms with Gasteiger partial charge in [0.25, 0.3) is 0 Å².